The maximum absolute atomic E-state index is 5.93. The van der Waals surface area contributed by atoms with Gasteiger partial charge in [-0.2, -0.15) is 0 Å². The second kappa shape index (κ2) is 5.52. The Morgan fingerprint density at radius 3 is 2.21 bits per heavy atom. The van der Waals surface area contributed by atoms with Gasteiger partial charge in [-0.05, 0) is 30.7 Å². The number of nitrogens with two attached hydrogens (primary N) is 1. The number of hydrogen-bond acceptors (Lipinski definition) is 4. The fourth-order valence-corrected chi connectivity index (χ4v) is 1.87. The molecule has 0 atom stereocenters. The summed E-state index contributed by atoms with van der Waals surface area (Å²) in [5, 5.41) is 3.31. The SMILES string of the molecule is COc1cc(C)c(Nc2ccccc2N)cc1OC. The predicted molar refractivity (Wildman–Crippen MR) is 78.4 cm³/mol. The number of methoxy groups -OCH3 is 2. The molecule has 3 N–H and O–H groups in total. The van der Waals surface area contributed by atoms with Crippen LogP contribution in [0, 0.1) is 6.92 Å². The third-order valence-electron chi connectivity index (χ3n) is 2.96. The average Bonchev–Trinajstić information content (AvgIpc) is 2.42. The highest BCUT2D eigenvalue weighted by molar-refractivity contribution is 5.75. The van der Waals surface area contributed by atoms with Crippen molar-refractivity contribution < 1.29 is 9.47 Å². The lowest BCUT2D eigenvalue weighted by molar-refractivity contribution is 0.355. The summed E-state index contributed by atoms with van der Waals surface area (Å²) >= 11 is 0. The molecule has 0 aliphatic heterocycles. The normalized spacial score (nSPS) is 10.1. The third kappa shape index (κ3) is 2.73. The molecule has 2 rings (SSSR count). The van der Waals surface area contributed by atoms with Crippen LogP contribution in [0.4, 0.5) is 17.1 Å². The number of hydrogen-bond donors (Lipinski definition) is 2. The minimum absolute atomic E-state index is 0.685. The zero-order chi connectivity index (χ0) is 13.8. The Balaban J connectivity index is 2.38. The first-order chi connectivity index (χ1) is 9.15. The predicted octanol–water partition coefficient (Wildman–Crippen LogP) is 3.34. The summed E-state index contributed by atoms with van der Waals surface area (Å²) in [6.07, 6.45) is 0. The monoisotopic (exact) mass is 258 g/mol. The Bertz CT molecular complexity index is 582. The van der Waals surface area contributed by atoms with Crippen molar-refractivity contribution in [2.24, 2.45) is 0 Å². The molecule has 0 saturated carbocycles. The lowest BCUT2D eigenvalue weighted by Gasteiger charge is -2.15. The molecule has 0 amide bonds. The summed E-state index contributed by atoms with van der Waals surface area (Å²) in [6.45, 7) is 2.00. The average molecular weight is 258 g/mol. The molecule has 0 radical (unpaired) electrons. The van der Waals surface area contributed by atoms with Crippen LogP contribution in [0.1, 0.15) is 5.56 Å². The van der Waals surface area contributed by atoms with Crippen molar-refractivity contribution in [1.29, 1.82) is 0 Å². The summed E-state index contributed by atoms with van der Waals surface area (Å²) in [5.74, 6) is 1.40. The molecule has 4 heteroatoms. The molecule has 0 spiro atoms. The molecular weight excluding hydrogens is 240 g/mol. The molecule has 4 nitrogen and oxygen atoms in total. The third-order valence-corrected chi connectivity index (χ3v) is 2.96. The van der Waals surface area contributed by atoms with Crippen molar-refractivity contribution in [3.8, 4) is 11.5 Å². The van der Waals surface area contributed by atoms with E-state index >= 15 is 0 Å². The number of benzene rings is 2. The van der Waals surface area contributed by atoms with Gasteiger partial charge in [0.15, 0.2) is 11.5 Å². The minimum atomic E-state index is 0.685. The van der Waals surface area contributed by atoms with Crippen LogP contribution in [0.2, 0.25) is 0 Å². The van der Waals surface area contributed by atoms with E-state index in [2.05, 4.69) is 5.32 Å². The van der Waals surface area contributed by atoms with Crippen molar-refractivity contribution in [2.75, 3.05) is 25.3 Å². The van der Waals surface area contributed by atoms with E-state index in [1.807, 2.05) is 43.3 Å². The van der Waals surface area contributed by atoms with Gasteiger partial charge in [0.2, 0.25) is 0 Å². The number of nitrogen functional groups attached to an aromatic ring is 1. The number of ether oxygens (including phenoxy) is 2. The maximum Gasteiger partial charge on any atom is 0.162 e. The molecule has 100 valence electrons. The van der Waals surface area contributed by atoms with Gasteiger partial charge in [-0.15, -0.1) is 0 Å². The van der Waals surface area contributed by atoms with Gasteiger partial charge in [0, 0.05) is 11.8 Å². The Morgan fingerprint density at radius 2 is 1.58 bits per heavy atom. The minimum Gasteiger partial charge on any atom is -0.493 e. The number of anilines is 3. The van der Waals surface area contributed by atoms with E-state index in [-0.39, 0.29) is 0 Å². The van der Waals surface area contributed by atoms with Gasteiger partial charge in [-0.25, -0.2) is 0 Å². The van der Waals surface area contributed by atoms with Gasteiger partial charge in [0.25, 0.3) is 0 Å². The summed E-state index contributed by atoms with van der Waals surface area (Å²) in [6, 6.07) is 11.5. The number of para-hydroxylation sites is 2. The van der Waals surface area contributed by atoms with Crippen LogP contribution in [-0.4, -0.2) is 14.2 Å². The van der Waals surface area contributed by atoms with E-state index in [1.54, 1.807) is 14.2 Å². The molecule has 0 heterocycles. The van der Waals surface area contributed by atoms with Crippen LogP contribution >= 0.6 is 0 Å². The molecule has 0 bridgehead atoms. The lowest BCUT2D eigenvalue weighted by Crippen LogP contribution is -1.99. The topological polar surface area (TPSA) is 56.5 Å². The molecule has 0 aliphatic carbocycles. The number of aryl methyl sites for hydroxylation is 1. The van der Waals surface area contributed by atoms with E-state index in [0.29, 0.717) is 17.2 Å². The second-order valence-electron chi connectivity index (χ2n) is 4.23. The van der Waals surface area contributed by atoms with Gasteiger partial charge < -0.3 is 20.5 Å². The van der Waals surface area contributed by atoms with Crippen molar-refractivity contribution in [2.45, 2.75) is 6.92 Å². The molecule has 0 saturated heterocycles. The Morgan fingerprint density at radius 1 is 0.947 bits per heavy atom. The zero-order valence-electron chi connectivity index (χ0n) is 11.4. The first kappa shape index (κ1) is 13.1. The number of rotatable bonds is 4. The summed E-state index contributed by atoms with van der Waals surface area (Å²) in [7, 11) is 3.24. The molecule has 2 aromatic carbocycles. The van der Waals surface area contributed by atoms with Gasteiger partial charge in [0.1, 0.15) is 0 Å². The molecule has 0 fully saturated rings. The molecule has 19 heavy (non-hydrogen) atoms. The molecule has 2 aromatic rings. The Labute approximate surface area is 113 Å². The van der Waals surface area contributed by atoms with Crippen LogP contribution in [0.3, 0.4) is 0 Å². The summed E-state index contributed by atoms with van der Waals surface area (Å²) in [4.78, 5) is 0. The van der Waals surface area contributed by atoms with Gasteiger partial charge in [-0.1, -0.05) is 12.1 Å². The highest BCUT2D eigenvalue weighted by atomic mass is 16.5. The molecule has 0 unspecified atom stereocenters. The fraction of sp³-hybridized carbons (Fsp3) is 0.200. The molecule has 0 aliphatic rings. The van der Waals surface area contributed by atoms with E-state index in [1.165, 1.54) is 0 Å². The summed E-state index contributed by atoms with van der Waals surface area (Å²) in [5.41, 5.74) is 9.50. The second-order valence-corrected chi connectivity index (χ2v) is 4.23. The highest BCUT2D eigenvalue weighted by Gasteiger charge is 2.09. The van der Waals surface area contributed by atoms with Crippen LogP contribution in [0.25, 0.3) is 0 Å². The highest BCUT2D eigenvalue weighted by Crippen LogP contribution is 2.35. The van der Waals surface area contributed by atoms with Crippen molar-refractivity contribution in [1.82, 2.24) is 0 Å². The number of nitrogens with one attached hydrogen (secondary N) is 1. The van der Waals surface area contributed by atoms with Crippen LogP contribution in [-0.2, 0) is 0 Å². The van der Waals surface area contributed by atoms with Gasteiger partial charge >= 0.3 is 0 Å². The zero-order valence-corrected chi connectivity index (χ0v) is 11.4. The van der Waals surface area contributed by atoms with Crippen molar-refractivity contribution in [3.05, 3.63) is 42.0 Å². The maximum atomic E-state index is 5.93. The van der Waals surface area contributed by atoms with E-state index in [9.17, 15) is 0 Å². The smallest absolute Gasteiger partial charge is 0.162 e. The quantitative estimate of drug-likeness (QED) is 0.826. The summed E-state index contributed by atoms with van der Waals surface area (Å²) < 4.78 is 10.6. The Kier molecular flexibility index (Phi) is 3.80. The van der Waals surface area contributed by atoms with Crippen molar-refractivity contribution in [3.63, 3.8) is 0 Å². The van der Waals surface area contributed by atoms with Gasteiger partial charge in [-0.3, -0.25) is 0 Å². The standard InChI is InChI=1S/C15H18N2O2/c1-10-8-14(18-2)15(19-3)9-13(10)17-12-7-5-4-6-11(12)16/h4-9,17H,16H2,1-3H3. The van der Waals surface area contributed by atoms with Crippen LogP contribution in [0.5, 0.6) is 11.5 Å². The van der Waals surface area contributed by atoms with Crippen LogP contribution < -0.4 is 20.5 Å². The van der Waals surface area contributed by atoms with Crippen LogP contribution in [0.15, 0.2) is 36.4 Å². The molecule has 0 aromatic heterocycles. The fourth-order valence-electron chi connectivity index (χ4n) is 1.87. The largest absolute Gasteiger partial charge is 0.493 e. The van der Waals surface area contributed by atoms with E-state index < -0.39 is 0 Å². The van der Waals surface area contributed by atoms with E-state index in [0.717, 1.165) is 16.9 Å². The van der Waals surface area contributed by atoms with Crippen molar-refractivity contribution >= 4 is 17.1 Å². The van der Waals surface area contributed by atoms with Gasteiger partial charge in [0.05, 0.1) is 25.6 Å². The first-order valence-electron chi connectivity index (χ1n) is 6.00. The first-order valence-corrected chi connectivity index (χ1v) is 6.00. The lowest BCUT2D eigenvalue weighted by atomic mass is 10.1. The Hall–Kier alpha value is -2.36. The van der Waals surface area contributed by atoms with E-state index in [4.69, 9.17) is 15.2 Å². The molecular formula is C15H18N2O2.